The molecule has 2 aromatic carbocycles. The van der Waals surface area contributed by atoms with Crippen molar-refractivity contribution in [2.75, 3.05) is 6.61 Å². The van der Waals surface area contributed by atoms with Gasteiger partial charge in [0, 0.05) is 6.04 Å². The fraction of sp³-hybridized carbons (Fsp3) is 0.348. The normalized spacial score (nSPS) is 13.1. The summed E-state index contributed by atoms with van der Waals surface area (Å²) in [6.45, 7) is 7.95. The van der Waals surface area contributed by atoms with Gasteiger partial charge in [-0.1, -0.05) is 19.1 Å². The third kappa shape index (κ3) is 4.01. The Morgan fingerprint density at radius 2 is 1.70 bits per heavy atom. The summed E-state index contributed by atoms with van der Waals surface area (Å²) >= 11 is 0. The van der Waals surface area contributed by atoms with Gasteiger partial charge in [-0.2, -0.15) is 0 Å². The predicted molar refractivity (Wildman–Crippen MR) is 118 cm³/mol. The van der Waals surface area contributed by atoms with Crippen LogP contribution in [0.25, 0.3) is 16.6 Å². The Morgan fingerprint density at radius 3 is 2.33 bits per heavy atom. The summed E-state index contributed by atoms with van der Waals surface area (Å²) < 4.78 is 7.93. The summed E-state index contributed by atoms with van der Waals surface area (Å²) in [7, 11) is 0. The largest absolute Gasteiger partial charge is 0.494 e. The topological polar surface area (TPSA) is 82.3 Å². The lowest BCUT2D eigenvalue weighted by molar-refractivity contribution is -0.124. The van der Waals surface area contributed by atoms with Crippen LogP contribution in [-0.4, -0.2) is 27.7 Å². The number of nitrogens with one attached hydrogen (secondary N) is 1. The maximum Gasteiger partial charge on any atom is 0.336 e. The first-order chi connectivity index (χ1) is 14.4. The number of carbonyl (C=O) groups excluding carboxylic acids is 1. The van der Waals surface area contributed by atoms with E-state index < -0.39 is 17.3 Å². The molecule has 7 nitrogen and oxygen atoms in total. The molecule has 0 fully saturated rings. The van der Waals surface area contributed by atoms with Crippen LogP contribution in [0.2, 0.25) is 0 Å². The quantitative estimate of drug-likeness (QED) is 0.650. The van der Waals surface area contributed by atoms with Gasteiger partial charge in [0.1, 0.15) is 11.8 Å². The van der Waals surface area contributed by atoms with E-state index in [4.69, 9.17) is 4.74 Å². The first-order valence-corrected chi connectivity index (χ1v) is 10.2. The van der Waals surface area contributed by atoms with Gasteiger partial charge in [-0.15, -0.1) is 0 Å². The number of hydrogen-bond donors (Lipinski definition) is 1. The molecule has 0 unspecified atom stereocenters. The molecule has 2 atom stereocenters. The lowest BCUT2D eigenvalue weighted by Gasteiger charge is -2.21. The van der Waals surface area contributed by atoms with E-state index in [1.54, 1.807) is 55.5 Å². The van der Waals surface area contributed by atoms with Gasteiger partial charge in [-0.05, 0) is 63.6 Å². The molecule has 0 radical (unpaired) electrons. The Kier molecular flexibility index (Phi) is 6.40. The minimum atomic E-state index is -0.786. The zero-order valence-corrected chi connectivity index (χ0v) is 17.7. The Bertz CT molecular complexity index is 1160. The SMILES string of the molecule is CCOc1ccc(-n2c(=O)c3ccccc3n([C@@H](C)C(=O)N[C@H](C)CC)c2=O)cc1. The second kappa shape index (κ2) is 8.98. The Labute approximate surface area is 174 Å². The van der Waals surface area contributed by atoms with E-state index in [0.717, 1.165) is 11.0 Å². The molecule has 1 amide bonds. The number of fused-ring (bicyclic) bond motifs is 1. The van der Waals surface area contributed by atoms with Crippen molar-refractivity contribution in [3.8, 4) is 11.4 Å². The van der Waals surface area contributed by atoms with Crippen molar-refractivity contribution >= 4 is 16.8 Å². The van der Waals surface area contributed by atoms with Crippen molar-refractivity contribution in [2.24, 2.45) is 0 Å². The molecular weight excluding hydrogens is 382 g/mol. The predicted octanol–water partition coefficient (Wildman–Crippen LogP) is 3.03. The lowest BCUT2D eigenvalue weighted by Crippen LogP contribution is -2.45. The molecule has 0 spiro atoms. The highest BCUT2D eigenvalue weighted by atomic mass is 16.5. The maximum atomic E-state index is 13.4. The highest BCUT2D eigenvalue weighted by molar-refractivity contribution is 5.84. The van der Waals surface area contributed by atoms with Gasteiger partial charge in [0.05, 0.1) is 23.2 Å². The molecule has 7 heteroatoms. The zero-order chi connectivity index (χ0) is 21.8. The van der Waals surface area contributed by atoms with Crippen molar-refractivity contribution in [1.29, 1.82) is 0 Å². The van der Waals surface area contributed by atoms with E-state index in [2.05, 4.69) is 5.32 Å². The first-order valence-electron chi connectivity index (χ1n) is 10.2. The summed E-state index contributed by atoms with van der Waals surface area (Å²) in [4.78, 5) is 39.4. The summed E-state index contributed by atoms with van der Waals surface area (Å²) in [5.74, 6) is 0.380. The van der Waals surface area contributed by atoms with Gasteiger partial charge in [-0.25, -0.2) is 9.36 Å². The van der Waals surface area contributed by atoms with E-state index in [1.807, 2.05) is 20.8 Å². The van der Waals surface area contributed by atoms with Crippen LogP contribution in [0, 0.1) is 0 Å². The van der Waals surface area contributed by atoms with Crippen LogP contribution < -0.4 is 21.3 Å². The molecule has 0 aliphatic carbocycles. The van der Waals surface area contributed by atoms with E-state index in [1.165, 1.54) is 4.57 Å². The number of amides is 1. The highest BCUT2D eigenvalue weighted by Crippen LogP contribution is 2.17. The van der Waals surface area contributed by atoms with Crippen molar-refractivity contribution in [2.45, 2.75) is 46.2 Å². The molecule has 30 heavy (non-hydrogen) atoms. The smallest absolute Gasteiger partial charge is 0.336 e. The number of nitrogens with zero attached hydrogens (tertiary/aromatic N) is 2. The average Bonchev–Trinajstić information content (AvgIpc) is 2.75. The van der Waals surface area contributed by atoms with Crippen LogP contribution in [0.5, 0.6) is 5.75 Å². The molecule has 3 aromatic rings. The molecule has 3 rings (SSSR count). The molecular formula is C23H27N3O4. The van der Waals surface area contributed by atoms with Crippen LogP contribution in [0.15, 0.2) is 58.1 Å². The number of carbonyl (C=O) groups is 1. The van der Waals surface area contributed by atoms with E-state index in [9.17, 15) is 14.4 Å². The van der Waals surface area contributed by atoms with Crippen LogP contribution in [0.4, 0.5) is 0 Å². The van der Waals surface area contributed by atoms with Crippen LogP contribution in [-0.2, 0) is 4.79 Å². The van der Waals surface area contributed by atoms with Crippen molar-refractivity contribution in [3.05, 3.63) is 69.4 Å². The van der Waals surface area contributed by atoms with Gasteiger partial charge in [0.25, 0.3) is 5.56 Å². The fourth-order valence-corrected chi connectivity index (χ4v) is 3.33. The van der Waals surface area contributed by atoms with Gasteiger partial charge in [0.15, 0.2) is 0 Å². The van der Waals surface area contributed by atoms with Crippen LogP contribution in [0.3, 0.4) is 0 Å². The summed E-state index contributed by atoms with van der Waals surface area (Å²) in [5.41, 5.74) is -0.135. The number of para-hydroxylation sites is 1. The molecule has 1 aromatic heterocycles. The van der Waals surface area contributed by atoms with Crippen LogP contribution >= 0.6 is 0 Å². The number of benzene rings is 2. The lowest BCUT2D eigenvalue weighted by atomic mass is 10.2. The molecule has 0 saturated heterocycles. The van der Waals surface area contributed by atoms with E-state index in [-0.39, 0.29) is 11.9 Å². The molecule has 1 N–H and O–H groups in total. The van der Waals surface area contributed by atoms with Crippen LogP contribution in [0.1, 0.15) is 40.2 Å². The molecule has 0 aliphatic heterocycles. The molecule has 0 saturated carbocycles. The number of aromatic nitrogens is 2. The molecule has 158 valence electrons. The number of ether oxygens (including phenoxy) is 1. The van der Waals surface area contributed by atoms with Crippen molar-refractivity contribution in [1.82, 2.24) is 14.5 Å². The first kappa shape index (κ1) is 21.4. The van der Waals surface area contributed by atoms with E-state index >= 15 is 0 Å². The summed E-state index contributed by atoms with van der Waals surface area (Å²) in [6.07, 6.45) is 0.778. The molecule has 0 bridgehead atoms. The van der Waals surface area contributed by atoms with Crippen molar-refractivity contribution < 1.29 is 9.53 Å². The third-order valence-electron chi connectivity index (χ3n) is 5.17. The number of rotatable bonds is 7. The third-order valence-corrected chi connectivity index (χ3v) is 5.17. The monoisotopic (exact) mass is 409 g/mol. The van der Waals surface area contributed by atoms with Crippen molar-refractivity contribution in [3.63, 3.8) is 0 Å². The summed E-state index contributed by atoms with van der Waals surface area (Å²) in [5, 5.41) is 3.28. The second-order valence-electron chi connectivity index (χ2n) is 7.23. The highest BCUT2D eigenvalue weighted by Gasteiger charge is 2.23. The van der Waals surface area contributed by atoms with Gasteiger partial charge < -0.3 is 10.1 Å². The Balaban J connectivity index is 2.21. The van der Waals surface area contributed by atoms with Gasteiger partial charge >= 0.3 is 5.69 Å². The second-order valence-corrected chi connectivity index (χ2v) is 7.23. The zero-order valence-electron chi connectivity index (χ0n) is 17.7. The standard InChI is InChI=1S/C23H27N3O4/c1-5-15(3)24-21(27)16(4)25-20-10-8-7-9-19(20)22(28)26(23(25)29)17-11-13-18(14-12-17)30-6-2/h7-16H,5-6H2,1-4H3,(H,24,27)/t15-,16+/m1/s1. The summed E-state index contributed by atoms with van der Waals surface area (Å²) in [6, 6.07) is 12.8. The Morgan fingerprint density at radius 1 is 1.03 bits per heavy atom. The molecule has 0 aliphatic rings. The van der Waals surface area contributed by atoms with Gasteiger partial charge in [0.2, 0.25) is 5.91 Å². The minimum Gasteiger partial charge on any atom is -0.494 e. The Hall–Kier alpha value is -3.35. The fourth-order valence-electron chi connectivity index (χ4n) is 3.33. The average molecular weight is 409 g/mol. The number of hydrogen-bond acceptors (Lipinski definition) is 4. The minimum absolute atomic E-state index is 0.0149. The van der Waals surface area contributed by atoms with Gasteiger partial charge in [-0.3, -0.25) is 14.2 Å². The molecule has 1 heterocycles. The maximum absolute atomic E-state index is 13.4. The van der Waals surface area contributed by atoms with E-state index in [0.29, 0.717) is 28.9 Å².